The maximum atomic E-state index is 6.20. The van der Waals surface area contributed by atoms with E-state index in [-0.39, 0.29) is 0 Å². The first kappa shape index (κ1) is 13.9. The van der Waals surface area contributed by atoms with Crippen molar-refractivity contribution in [2.24, 2.45) is 0 Å². The summed E-state index contributed by atoms with van der Waals surface area (Å²) in [6.45, 7) is 0. The molecule has 3 aromatic rings. The SMILES string of the molecule is Clc1ccccc1-c1cnc(CCCc2ccccc2)[nH]1. The minimum absolute atomic E-state index is 0.747. The van der Waals surface area contributed by atoms with Crippen LogP contribution in [0.5, 0.6) is 0 Å². The first-order chi connectivity index (χ1) is 10.3. The maximum absolute atomic E-state index is 6.20. The second-order valence-electron chi connectivity index (χ2n) is 5.06. The summed E-state index contributed by atoms with van der Waals surface area (Å²) in [5, 5.41) is 0.747. The van der Waals surface area contributed by atoms with Crippen molar-refractivity contribution in [1.82, 2.24) is 9.97 Å². The Bertz CT molecular complexity index is 704. The molecule has 3 heteroatoms. The zero-order valence-corrected chi connectivity index (χ0v) is 12.5. The average Bonchev–Trinajstić information content (AvgIpc) is 2.97. The van der Waals surface area contributed by atoms with Crippen molar-refractivity contribution in [3.05, 3.63) is 77.2 Å². The molecule has 0 saturated carbocycles. The number of H-pyrrole nitrogens is 1. The van der Waals surface area contributed by atoms with E-state index in [4.69, 9.17) is 11.6 Å². The molecule has 0 aliphatic heterocycles. The largest absolute Gasteiger partial charge is 0.342 e. The van der Waals surface area contributed by atoms with E-state index in [0.717, 1.165) is 41.4 Å². The van der Waals surface area contributed by atoms with Crippen LogP contribution in [-0.2, 0) is 12.8 Å². The molecule has 2 nitrogen and oxygen atoms in total. The van der Waals surface area contributed by atoms with Gasteiger partial charge in [-0.15, -0.1) is 0 Å². The minimum atomic E-state index is 0.747. The molecule has 0 spiro atoms. The molecule has 3 rings (SSSR count). The molecular weight excluding hydrogens is 280 g/mol. The van der Waals surface area contributed by atoms with Gasteiger partial charge in [0, 0.05) is 17.0 Å². The fourth-order valence-corrected chi connectivity index (χ4v) is 2.65. The molecular formula is C18H17ClN2. The Morgan fingerprint density at radius 2 is 1.67 bits per heavy atom. The third-order valence-corrected chi connectivity index (χ3v) is 3.84. The number of hydrogen-bond acceptors (Lipinski definition) is 1. The minimum Gasteiger partial charge on any atom is -0.342 e. The van der Waals surface area contributed by atoms with Crippen LogP contribution in [0.4, 0.5) is 0 Å². The van der Waals surface area contributed by atoms with E-state index in [1.165, 1.54) is 5.56 Å². The first-order valence-electron chi connectivity index (χ1n) is 7.15. The lowest BCUT2D eigenvalue weighted by molar-refractivity contribution is 0.783. The predicted octanol–water partition coefficient (Wildman–Crippen LogP) is 4.91. The summed E-state index contributed by atoms with van der Waals surface area (Å²) in [5.41, 5.74) is 3.35. The highest BCUT2D eigenvalue weighted by molar-refractivity contribution is 6.33. The number of rotatable bonds is 5. The highest BCUT2D eigenvalue weighted by Crippen LogP contribution is 2.25. The Kier molecular flexibility index (Phi) is 4.37. The van der Waals surface area contributed by atoms with Crippen LogP contribution in [0.1, 0.15) is 17.8 Å². The van der Waals surface area contributed by atoms with Crippen LogP contribution < -0.4 is 0 Å². The van der Waals surface area contributed by atoms with E-state index in [1.54, 1.807) is 0 Å². The number of hydrogen-bond donors (Lipinski definition) is 1. The molecule has 2 aromatic carbocycles. The van der Waals surface area contributed by atoms with Gasteiger partial charge < -0.3 is 4.98 Å². The number of aromatic amines is 1. The van der Waals surface area contributed by atoms with Gasteiger partial charge in [0.15, 0.2) is 0 Å². The third kappa shape index (κ3) is 3.53. The van der Waals surface area contributed by atoms with Crippen LogP contribution in [0.3, 0.4) is 0 Å². The molecule has 0 aliphatic rings. The molecule has 0 unspecified atom stereocenters. The Balaban J connectivity index is 1.62. The van der Waals surface area contributed by atoms with E-state index in [2.05, 4.69) is 34.2 Å². The number of aromatic nitrogens is 2. The molecule has 1 heterocycles. The van der Waals surface area contributed by atoms with Crippen molar-refractivity contribution in [2.45, 2.75) is 19.3 Å². The fraction of sp³-hybridized carbons (Fsp3) is 0.167. The van der Waals surface area contributed by atoms with Crippen LogP contribution in [0.25, 0.3) is 11.3 Å². The third-order valence-electron chi connectivity index (χ3n) is 3.51. The van der Waals surface area contributed by atoms with Crippen molar-refractivity contribution in [2.75, 3.05) is 0 Å². The van der Waals surface area contributed by atoms with E-state index in [9.17, 15) is 0 Å². The summed E-state index contributed by atoms with van der Waals surface area (Å²) < 4.78 is 0. The Hall–Kier alpha value is -2.06. The zero-order chi connectivity index (χ0) is 14.5. The summed E-state index contributed by atoms with van der Waals surface area (Å²) in [6.07, 6.45) is 4.96. The number of nitrogens with zero attached hydrogens (tertiary/aromatic N) is 1. The number of halogens is 1. The van der Waals surface area contributed by atoms with Gasteiger partial charge in [-0.25, -0.2) is 4.98 Å². The van der Waals surface area contributed by atoms with Gasteiger partial charge in [0.2, 0.25) is 0 Å². The molecule has 106 valence electrons. The van der Waals surface area contributed by atoms with Gasteiger partial charge in [0.1, 0.15) is 5.82 Å². The van der Waals surface area contributed by atoms with Gasteiger partial charge in [0.05, 0.1) is 11.9 Å². The van der Waals surface area contributed by atoms with Crippen molar-refractivity contribution in [1.29, 1.82) is 0 Å². The van der Waals surface area contributed by atoms with Crippen molar-refractivity contribution in [3.63, 3.8) is 0 Å². The molecule has 0 saturated heterocycles. The van der Waals surface area contributed by atoms with Crippen molar-refractivity contribution in [3.8, 4) is 11.3 Å². The Morgan fingerprint density at radius 3 is 2.48 bits per heavy atom. The number of aryl methyl sites for hydroxylation is 2. The summed E-state index contributed by atoms with van der Waals surface area (Å²) in [6, 6.07) is 18.4. The topological polar surface area (TPSA) is 28.7 Å². The average molecular weight is 297 g/mol. The molecule has 0 fully saturated rings. The summed E-state index contributed by atoms with van der Waals surface area (Å²) in [5.74, 6) is 1.01. The molecule has 0 atom stereocenters. The highest BCUT2D eigenvalue weighted by atomic mass is 35.5. The molecule has 1 aromatic heterocycles. The van der Waals surface area contributed by atoms with Gasteiger partial charge in [0.25, 0.3) is 0 Å². The van der Waals surface area contributed by atoms with Gasteiger partial charge in [-0.2, -0.15) is 0 Å². The van der Waals surface area contributed by atoms with E-state index in [0.29, 0.717) is 0 Å². The smallest absolute Gasteiger partial charge is 0.106 e. The highest BCUT2D eigenvalue weighted by Gasteiger charge is 2.06. The van der Waals surface area contributed by atoms with Crippen LogP contribution in [0.2, 0.25) is 5.02 Å². The normalized spacial score (nSPS) is 10.7. The van der Waals surface area contributed by atoms with Crippen molar-refractivity contribution >= 4 is 11.6 Å². The van der Waals surface area contributed by atoms with E-state index in [1.807, 2.05) is 36.5 Å². The lowest BCUT2D eigenvalue weighted by atomic mass is 10.1. The van der Waals surface area contributed by atoms with Crippen LogP contribution in [-0.4, -0.2) is 9.97 Å². The van der Waals surface area contributed by atoms with Gasteiger partial charge in [-0.3, -0.25) is 0 Å². The second kappa shape index (κ2) is 6.59. The van der Waals surface area contributed by atoms with E-state index < -0.39 is 0 Å². The molecule has 0 bridgehead atoms. The van der Waals surface area contributed by atoms with Gasteiger partial charge >= 0.3 is 0 Å². The summed E-state index contributed by atoms with van der Waals surface area (Å²) in [4.78, 5) is 7.81. The Morgan fingerprint density at radius 1 is 0.905 bits per heavy atom. The number of nitrogens with one attached hydrogen (secondary N) is 1. The number of benzene rings is 2. The second-order valence-corrected chi connectivity index (χ2v) is 5.47. The monoisotopic (exact) mass is 296 g/mol. The fourth-order valence-electron chi connectivity index (χ4n) is 2.41. The first-order valence-corrected chi connectivity index (χ1v) is 7.53. The molecule has 0 aliphatic carbocycles. The number of imidazole rings is 1. The zero-order valence-electron chi connectivity index (χ0n) is 11.7. The van der Waals surface area contributed by atoms with Crippen LogP contribution >= 0.6 is 11.6 Å². The van der Waals surface area contributed by atoms with Crippen LogP contribution in [0.15, 0.2) is 60.8 Å². The maximum Gasteiger partial charge on any atom is 0.106 e. The standard InChI is InChI=1S/C18H17ClN2/c19-16-11-5-4-10-15(16)17-13-20-18(21-17)12-6-9-14-7-2-1-3-8-14/h1-5,7-8,10-11,13H,6,9,12H2,(H,20,21). The van der Waals surface area contributed by atoms with Crippen molar-refractivity contribution < 1.29 is 0 Å². The van der Waals surface area contributed by atoms with Crippen LogP contribution in [0, 0.1) is 0 Å². The molecule has 1 N–H and O–H groups in total. The molecule has 0 amide bonds. The van der Waals surface area contributed by atoms with Gasteiger partial charge in [-0.1, -0.05) is 60.1 Å². The summed E-state index contributed by atoms with van der Waals surface area (Å²) in [7, 11) is 0. The predicted molar refractivity (Wildman–Crippen MR) is 87.5 cm³/mol. The molecule has 0 radical (unpaired) electrons. The lowest BCUT2D eigenvalue weighted by Gasteiger charge is -2.01. The quantitative estimate of drug-likeness (QED) is 0.712. The van der Waals surface area contributed by atoms with E-state index >= 15 is 0 Å². The van der Waals surface area contributed by atoms with Gasteiger partial charge in [-0.05, 0) is 24.5 Å². The summed E-state index contributed by atoms with van der Waals surface area (Å²) >= 11 is 6.20. The Labute approximate surface area is 129 Å². The molecule has 21 heavy (non-hydrogen) atoms. The lowest BCUT2D eigenvalue weighted by Crippen LogP contribution is -1.92.